The number of amides is 3. The van der Waals surface area contributed by atoms with Crippen molar-refractivity contribution in [2.45, 2.75) is 51.4 Å². The molecule has 0 saturated carbocycles. The van der Waals surface area contributed by atoms with E-state index < -0.39 is 6.04 Å². The Balaban J connectivity index is 0.924. The van der Waals surface area contributed by atoms with E-state index in [0.29, 0.717) is 23.9 Å². The first-order chi connectivity index (χ1) is 20.4. The summed E-state index contributed by atoms with van der Waals surface area (Å²) in [4.78, 5) is 43.6. The van der Waals surface area contributed by atoms with Crippen molar-refractivity contribution >= 4 is 29.3 Å². The fourth-order valence-electron chi connectivity index (χ4n) is 7.31. The van der Waals surface area contributed by atoms with E-state index >= 15 is 0 Å². The van der Waals surface area contributed by atoms with Gasteiger partial charge in [0, 0.05) is 49.7 Å². The van der Waals surface area contributed by atoms with Gasteiger partial charge in [-0.25, -0.2) is 0 Å². The lowest BCUT2D eigenvalue weighted by atomic mass is 9.71. The molecule has 1 N–H and O–H groups in total. The first kappa shape index (κ1) is 27.3. The maximum atomic E-state index is 13.0. The molecule has 0 aromatic heterocycles. The van der Waals surface area contributed by atoms with Crippen molar-refractivity contribution in [2.75, 3.05) is 26.2 Å². The smallest absolute Gasteiger partial charge is 0.255 e. The number of benzene rings is 3. The van der Waals surface area contributed by atoms with Crippen LogP contribution in [0.15, 0.2) is 66.7 Å². The highest BCUT2D eigenvalue weighted by Gasteiger charge is 2.45. The molecule has 3 aromatic carbocycles. The number of hydrogen-bond donors (Lipinski definition) is 1. The fraction of sp³-hybridized carbons (Fsp3) is 0.382. The molecule has 7 nitrogen and oxygen atoms in total. The minimum Gasteiger partial charge on any atom is -0.322 e. The summed E-state index contributed by atoms with van der Waals surface area (Å²) in [5, 5.41) is 3.13. The molecule has 4 aliphatic rings. The van der Waals surface area contributed by atoms with Crippen LogP contribution in [0.3, 0.4) is 0 Å². The average Bonchev–Trinajstić information content (AvgIpc) is 3.29. The Bertz CT molecular complexity index is 1540. The zero-order valence-electron chi connectivity index (χ0n) is 23.7. The summed E-state index contributed by atoms with van der Waals surface area (Å²) in [5.74, 6) is -0.744. The lowest BCUT2D eigenvalue weighted by molar-refractivity contribution is -0.136. The van der Waals surface area contributed by atoms with Crippen molar-refractivity contribution in [2.24, 2.45) is 5.41 Å². The van der Waals surface area contributed by atoms with Gasteiger partial charge in [0.25, 0.3) is 5.91 Å². The monoisotopic (exact) mass is 582 g/mol. The molecule has 216 valence electrons. The molecule has 0 bridgehead atoms. The van der Waals surface area contributed by atoms with Gasteiger partial charge in [-0.2, -0.15) is 0 Å². The quantitative estimate of drug-likeness (QED) is 0.420. The Morgan fingerprint density at radius 3 is 2.38 bits per heavy atom. The van der Waals surface area contributed by atoms with Crippen LogP contribution < -0.4 is 5.32 Å². The predicted octanol–water partition coefficient (Wildman–Crippen LogP) is 4.87. The van der Waals surface area contributed by atoms with Crippen LogP contribution in [-0.4, -0.2) is 64.6 Å². The Morgan fingerprint density at radius 1 is 0.857 bits per heavy atom. The van der Waals surface area contributed by atoms with Crippen LogP contribution in [0.1, 0.15) is 52.7 Å². The molecule has 1 spiro atoms. The van der Waals surface area contributed by atoms with Gasteiger partial charge in [0.2, 0.25) is 11.8 Å². The van der Waals surface area contributed by atoms with Gasteiger partial charge in [-0.3, -0.25) is 29.5 Å². The number of nitrogens with one attached hydrogen (secondary N) is 1. The number of nitrogens with zero attached hydrogens (tertiary/aromatic N) is 3. The topological polar surface area (TPSA) is 73.0 Å². The zero-order valence-corrected chi connectivity index (χ0v) is 24.4. The number of imide groups is 1. The van der Waals surface area contributed by atoms with Gasteiger partial charge in [0.05, 0.1) is 0 Å². The number of fused-ring (bicyclic) bond motifs is 1. The molecule has 7 rings (SSSR count). The van der Waals surface area contributed by atoms with Crippen LogP contribution in [-0.2, 0) is 29.2 Å². The highest BCUT2D eigenvalue weighted by atomic mass is 35.5. The van der Waals surface area contributed by atoms with Crippen molar-refractivity contribution < 1.29 is 14.4 Å². The third kappa shape index (κ3) is 5.26. The number of likely N-dealkylation sites (tertiary alicyclic amines) is 2. The number of piperidine rings is 2. The van der Waals surface area contributed by atoms with Crippen molar-refractivity contribution in [1.82, 2.24) is 20.0 Å². The van der Waals surface area contributed by atoms with Gasteiger partial charge in [-0.1, -0.05) is 60.1 Å². The molecular weight excluding hydrogens is 548 g/mol. The van der Waals surface area contributed by atoms with Crippen molar-refractivity contribution in [1.29, 1.82) is 0 Å². The minimum absolute atomic E-state index is 0.114. The van der Waals surface area contributed by atoms with E-state index in [2.05, 4.69) is 63.6 Å². The van der Waals surface area contributed by atoms with Gasteiger partial charge in [0.1, 0.15) is 6.04 Å². The van der Waals surface area contributed by atoms with E-state index in [0.717, 1.165) is 49.9 Å². The Labute approximate surface area is 251 Å². The summed E-state index contributed by atoms with van der Waals surface area (Å²) in [6, 6.07) is 22.3. The standard InChI is InChI=1S/C34H35ClN4O3/c35-27-8-6-24(7-9-27)28-4-2-1-3-25(28)19-37-15-13-34(14-16-37)21-38(22-34)18-23-5-10-29-26(17-23)20-39(33(29)42)30-11-12-31(40)36-32(30)41/h1-10,17,30H,11-16,18-22H2,(H,36,40,41). The first-order valence-corrected chi connectivity index (χ1v) is 15.3. The summed E-state index contributed by atoms with van der Waals surface area (Å²) < 4.78 is 0. The molecule has 0 aliphatic carbocycles. The average molecular weight is 583 g/mol. The second-order valence-electron chi connectivity index (χ2n) is 12.5. The van der Waals surface area contributed by atoms with Gasteiger partial charge in [0.15, 0.2) is 0 Å². The van der Waals surface area contributed by atoms with Crippen LogP contribution in [0.5, 0.6) is 0 Å². The minimum atomic E-state index is -0.571. The van der Waals surface area contributed by atoms with Crippen molar-refractivity contribution in [3.8, 4) is 11.1 Å². The number of carbonyl (C=O) groups is 3. The molecule has 3 amide bonds. The van der Waals surface area contributed by atoms with Gasteiger partial charge in [-0.15, -0.1) is 0 Å². The summed E-state index contributed by atoms with van der Waals surface area (Å²) in [6.45, 7) is 6.71. The molecule has 42 heavy (non-hydrogen) atoms. The molecule has 0 radical (unpaired) electrons. The van der Waals surface area contributed by atoms with Crippen LogP contribution in [0.2, 0.25) is 5.02 Å². The van der Waals surface area contributed by atoms with Gasteiger partial charge < -0.3 is 4.90 Å². The largest absolute Gasteiger partial charge is 0.322 e. The first-order valence-electron chi connectivity index (χ1n) is 14.9. The SMILES string of the molecule is O=C1CCC(N2Cc3cc(CN4CC5(CCN(Cc6ccccc6-c6ccc(Cl)cc6)CC5)C4)ccc3C2=O)C(=O)N1. The molecule has 8 heteroatoms. The lowest BCUT2D eigenvalue weighted by Crippen LogP contribution is -2.59. The van der Waals surface area contributed by atoms with E-state index in [9.17, 15) is 14.4 Å². The van der Waals surface area contributed by atoms with Crippen molar-refractivity contribution in [3.63, 3.8) is 0 Å². The maximum absolute atomic E-state index is 13.0. The molecule has 1 unspecified atom stereocenters. The van der Waals surface area contributed by atoms with E-state index in [1.165, 1.54) is 35.1 Å². The van der Waals surface area contributed by atoms with E-state index in [4.69, 9.17) is 11.6 Å². The number of hydrogen-bond acceptors (Lipinski definition) is 5. The van der Waals surface area contributed by atoms with E-state index in [1.54, 1.807) is 4.90 Å². The normalized spacial score (nSPS) is 22.3. The molecular formula is C34H35ClN4O3. The molecule has 3 aromatic rings. The highest BCUT2D eigenvalue weighted by molar-refractivity contribution is 6.30. The van der Waals surface area contributed by atoms with Gasteiger partial charge in [-0.05, 0) is 83.8 Å². The van der Waals surface area contributed by atoms with Crippen LogP contribution >= 0.6 is 11.6 Å². The summed E-state index contributed by atoms with van der Waals surface area (Å²) in [5.41, 5.74) is 7.10. The summed E-state index contributed by atoms with van der Waals surface area (Å²) in [6.07, 6.45) is 3.09. The highest BCUT2D eigenvalue weighted by Crippen LogP contribution is 2.42. The molecule has 3 saturated heterocycles. The Hall–Kier alpha value is -3.52. The lowest BCUT2D eigenvalue weighted by Gasteiger charge is -2.54. The van der Waals surface area contributed by atoms with E-state index in [-0.39, 0.29) is 24.1 Å². The predicted molar refractivity (Wildman–Crippen MR) is 162 cm³/mol. The Morgan fingerprint density at radius 2 is 1.62 bits per heavy atom. The fourth-order valence-corrected chi connectivity index (χ4v) is 7.44. The van der Waals surface area contributed by atoms with Crippen LogP contribution in [0.25, 0.3) is 11.1 Å². The van der Waals surface area contributed by atoms with E-state index in [1.807, 2.05) is 18.2 Å². The number of halogens is 1. The molecule has 3 fully saturated rings. The molecule has 4 aliphatic heterocycles. The summed E-state index contributed by atoms with van der Waals surface area (Å²) in [7, 11) is 0. The third-order valence-corrected chi connectivity index (χ3v) is 9.85. The molecule has 4 heterocycles. The Kier molecular flexibility index (Phi) is 7.13. The molecule has 1 atom stereocenters. The second-order valence-corrected chi connectivity index (χ2v) is 12.9. The number of carbonyl (C=O) groups excluding carboxylic acids is 3. The van der Waals surface area contributed by atoms with Gasteiger partial charge >= 0.3 is 0 Å². The third-order valence-electron chi connectivity index (χ3n) is 9.60. The van der Waals surface area contributed by atoms with Crippen LogP contribution in [0, 0.1) is 5.41 Å². The second kappa shape index (κ2) is 11.0. The van der Waals surface area contributed by atoms with Crippen LogP contribution in [0.4, 0.5) is 0 Å². The number of rotatable bonds is 6. The van der Waals surface area contributed by atoms with Crippen molar-refractivity contribution in [3.05, 3.63) is 94.0 Å². The maximum Gasteiger partial charge on any atom is 0.255 e. The zero-order chi connectivity index (χ0) is 28.8. The summed E-state index contributed by atoms with van der Waals surface area (Å²) >= 11 is 6.12.